The van der Waals surface area contributed by atoms with Crippen LogP contribution in [0.15, 0.2) is 82.8 Å². The predicted octanol–water partition coefficient (Wildman–Crippen LogP) is 3.74. The molecule has 3 aromatic carbocycles. The molecule has 0 atom stereocenters. The van der Waals surface area contributed by atoms with Gasteiger partial charge in [0, 0.05) is 17.1 Å². The van der Waals surface area contributed by atoms with Gasteiger partial charge in [0.2, 0.25) is 10.0 Å². The fourth-order valence-corrected chi connectivity index (χ4v) is 4.84. The van der Waals surface area contributed by atoms with E-state index in [1.807, 2.05) is 30.3 Å². The Hall–Kier alpha value is -3.40. The van der Waals surface area contributed by atoms with Gasteiger partial charge < -0.3 is 9.47 Å². The van der Waals surface area contributed by atoms with Crippen LogP contribution in [0.2, 0.25) is 5.02 Å². The molecule has 0 saturated carbocycles. The summed E-state index contributed by atoms with van der Waals surface area (Å²) >= 11 is 5.91. The fraction of sp³-hybridized carbons (Fsp3) is 0.200. The van der Waals surface area contributed by atoms with Crippen molar-refractivity contribution in [2.45, 2.75) is 11.3 Å². The molecule has 0 unspecified atom stereocenters. The number of hydrazone groups is 1. The number of nitrogens with zero attached hydrogens (tertiary/aromatic N) is 2. The summed E-state index contributed by atoms with van der Waals surface area (Å²) in [6.45, 7) is -0.305. The van der Waals surface area contributed by atoms with Crippen LogP contribution in [0.5, 0.6) is 11.5 Å². The van der Waals surface area contributed by atoms with Crippen molar-refractivity contribution in [3.63, 3.8) is 0 Å². The molecule has 8 nitrogen and oxygen atoms in total. The molecule has 3 aromatic rings. The monoisotopic (exact) mass is 515 g/mol. The standard InChI is InChI=1S/C25H26ClN3O5S/c1-33-23-10-6-9-20(25(23)34-2)17-27-28-24(30)18-29(16-15-19-7-4-3-5-8-19)35(31,32)22-13-11-21(26)12-14-22/h3-14,17H,15-16,18H2,1-2H3,(H,28,30)/b27-17-. The number of sulfonamides is 1. The van der Waals surface area contributed by atoms with Crippen molar-refractivity contribution >= 4 is 33.7 Å². The highest BCUT2D eigenvalue weighted by molar-refractivity contribution is 7.89. The van der Waals surface area contributed by atoms with E-state index >= 15 is 0 Å². The Bertz CT molecular complexity index is 1270. The molecule has 0 aliphatic rings. The fourth-order valence-electron chi connectivity index (χ4n) is 3.32. The smallest absolute Gasteiger partial charge is 0.255 e. The van der Waals surface area contributed by atoms with E-state index in [1.54, 1.807) is 18.2 Å². The summed E-state index contributed by atoms with van der Waals surface area (Å²) in [5, 5.41) is 4.38. The third kappa shape index (κ3) is 7.05. The lowest BCUT2D eigenvalue weighted by molar-refractivity contribution is -0.121. The highest BCUT2D eigenvalue weighted by atomic mass is 35.5. The van der Waals surface area contributed by atoms with Crippen molar-refractivity contribution < 1.29 is 22.7 Å². The minimum Gasteiger partial charge on any atom is -0.493 e. The van der Waals surface area contributed by atoms with E-state index in [9.17, 15) is 13.2 Å². The number of carbonyl (C=O) groups excluding carboxylic acids is 1. The Labute approximate surface area is 210 Å². The second-order valence-electron chi connectivity index (χ2n) is 7.40. The number of benzene rings is 3. The Morgan fingerprint density at radius 2 is 1.71 bits per heavy atom. The third-order valence-corrected chi connectivity index (χ3v) is 7.20. The van der Waals surface area contributed by atoms with Gasteiger partial charge in [-0.25, -0.2) is 13.8 Å². The molecule has 0 saturated heterocycles. The van der Waals surface area contributed by atoms with Crippen LogP contribution in [0, 0.1) is 0 Å². The first-order valence-corrected chi connectivity index (χ1v) is 12.5. The number of hydrogen-bond donors (Lipinski definition) is 1. The van der Waals surface area contributed by atoms with Gasteiger partial charge in [0.05, 0.1) is 31.9 Å². The minimum absolute atomic E-state index is 0.0485. The van der Waals surface area contributed by atoms with E-state index in [1.165, 1.54) is 44.7 Å². The van der Waals surface area contributed by atoms with Crippen molar-refractivity contribution in [2.24, 2.45) is 5.10 Å². The molecule has 0 aliphatic heterocycles. The van der Waals surface area contributed by atoms with Gasteiger partial charge in [-0.15, -0.1) is 0 Å². The van der Waals surface area contributed by atoms with Gasteiger partial charge in [0.1, 0.15) is 0 Å². The summed E-state index contributed by atoms with van der Waals surface area (Å²) in [4.78, 5) is 12.7. The quantitative estimate of drug-likeness (QED) is 0.310. The maximum absolute atomic E-state index is 13.3. The number of hydrogen-bond acceptors (Lipinski definition) is 6. The summed E-state index contributed by atoms with van der Waals surface area (Å²) in [7, 11) is -0.935. The van der Waals surface area contributed by atoms with E-state index in [4.69, 9.17) is 21.1 Å². The largest absolute Gasteiger partial charge is 0.493 e. The van der Waals surface area contributed by atoms with Crippen molar-refractivity contribution in [1.29, 1.82) is 0 Å². The third-order valence-electron chi connectivity index (χ3n) is 5.09. The van der Waals surface area contributed by atoms with Crippen molar-refractivity contribution in [3.05, 3.63) is 88.9 Å². The molecule has 1 N–H and O–H groups in total. The summed E-state index contributed by atoms with van der Waals surface area (Å²) in [6, 6.07) is 20.5. The van der Waals surface area contributed by atoms with Gasteiger partial charge >= 0.3 is 0 Å². The van der Waals surface area contributed by atoms with Crippen LogP contribution in [-0.4, -0.2) is 52.2 Å². The lowest BCUT2D eigenvalue weighted by Gasteiger charge is -2.21. The van der Waals surface area contributed by atoms with Crippen molar-refractivity contribution in [1.82, 2.24) is 9.73 Å². The molecule has 35 heavy (non-hydrogen) atoms. The average molecular weight is 516 g/mol. The Balaban J connectivity index is 1.76. The Morgan fingerprint density at radius 1 is 1.00 bits per heavy atom. The normalized spacial score (nSPS) is 11.5. The molecular formula is C25H26ClN3O5S. The van der Waals surface area contributed by atoms with Gasteiger partial charge in [-0.2, -0.15) is 9.41 Å². The van der Waals surface area contributed by atoms with Gasteiger partial charge in [-0.3, -0.25) is 4.79 Å². The lowest BCUT2D eigenvalue weighted by Crippen LogP contribution is -2.40. The number of amides is 1. The first-order valence-electron chi connectivity index (χ1n) is 10.7. The second-order valence-corrected chi connectivity index (χ2v) is 9.78. The zero-order chi connectivity index (χ0) is 25.3. The number of nitrogens with one attached hydrogen (secondary N) is 1. The molecule has 0 aromatic heterocycles. The molecular weight excluding hydrogens is 490 g/mol. The highest BCUT2D eigenvalue weighted by Crippen LogP contribution is 2.29. The summed E-state index contributed by atoms with van der Waals surface area (Å²) in [5.74, 6) is 0.389. The maximum Gasteiger partial charge on any atom is 0.255 e. The average Bonchev–Trinajstić information content (AvgIpc) is 2.87. The van der Waals surface area contributed by atoms with E-state index in [2.05, 4.69) is 10.5 Å². The van der Waals surface area contributed by atoms with Crippen molar-refractivity contribution in [3.8, 4) is 11.5 Å². The van der Waals surface area contributed by atoms with Gasteiger partial charge in [0.25, 0.3) is 5.91 Å². The number of para-hydroxylation sites is 1. The lowest BCUT2D eigenvalue weighted by atomic mass is 10.1. The zero-order valence-corrected chi connectivity index (χ0v) is 20.9. The van der Waals surface area contributed by atoms with Crippen LogP contribution in [0.4, 0.5) is 0 Å². The van der Waals surface area contributed by atoms with Crippen LogP contribution in [0.25, 0.3) is 0 Å². The first-order chi connectivity index (χ1) is 16.8. The molecule has 0 heterocycles. The topological polar surface area (TPSA) is 97.3 Å². The van der Waals surface area contributed by atoms with E-state index in [0.29, 0.717) is 28.5 Å². The summed E-state index contributed by atoms with van der Waals surface area (Å²) < 4.78 is 38.3. The molecule has 10 heteroatoms. The van der Waals surface area contributed by atoms with Gasteiger partial charge in [-0.05, 0) is 48.4 Å². The summed E-state index contributed by atoms with van der Waals surface area (Å²) in [6.07, 6.45) is 1.84. The molecule has 184 valence electrons. The van der Waals surface area contributed by atoms with Crippen LogP contribution in [-0.2, 0) is 21.2 Å². The van der Waals surface area contributed by atoms with Gasteiger partial charge in [0.15, 0.2) is 11.5 Å². The van der Waals surface area contributed by atoms with Crippen LogP contribution < -0.4 is 14.9 Å². The maximum atomic E-state index is 13.3. The molecule has 0 fully saturated rings. The van der Waals surface area contributed by atoms with Gasteiger partial charge in [-0.1, -0.05) is 48.0 Å². The van der Waals surface area contributed by atoms with E-state index in [-0.39, 0.29) is 11.4 Å². The molecule has 1 amide bonds. The van der Waals surface area contributed by atoms with E-state index in [0.717, 1.165) is 9.87 Å². The minimum atomic E-state index is -3.95. The first kappa shape index (κ1) is 26.2. The number of ether oxygens (including phenoxy) is 2. The second kappa shape index (κ2) is 12.3. The SMILES string of the molecule is COc1cccc(/C=N\NC(=O)CN(CCc2ccccc2)S(=O)(=O)c2ccc(Cl)cc2)c1OC. The highest BCUT2D eigenvalue weighted by Gasteiger charge is 2.26. The molecule has 0 bridgehead atoms. The summed E-state index contributed by atoms with van der Waals surface area (Å²) in [5.41, 5.74) is 3.92. The number of halogens is 1. The van der Waals surface area contributed by atoms with Crippen LogP contribution >= 0.6 is 11.6 Å². The molecule has 0 spiro atoms. The molecule has 0 radical (unpaired) electrons. The number of carbonyl (C=O) groups is 1. The van der Waals surface area contributed by atoms with E-state index < -0.39 is 22.5 Å². The number of rotatable bonds is 11. The van der Waals surface area contributed by atoms with Crippen molar-refractivity contribution in [2.75, 3.05) is 27.3 Å². The molecule has 3 rings (SSSR count). The predicted molar refractivity (Wildman–Crippen MR) is 136 cm³/mol. The van der Waals surface area contributed by atoms with Crippen LogP contribution in [0.3, 0.4) is 0 Å². The zero-order valence-electron chi connectivity index (χ0n) is 19.3. The Morgan fingerprint density at radius 3 is 2.37 bits per heavy atom. The Kier molecular flexibility index (Phi) is 9.25. The molecule has 0 aliphatic carbocycles. The number of methoxy groups -OCH3 is 2. The van der Waals surface area contributed by atoms with Crippen LogP contribution in [0.1, 0.15) is 11.1 Å².